The SMILES string of the molecule is Cn1cc([C@H]2CNC[C@@H]2C(=O)NC(C(N)=O)c2ccccc2)cn1. The van der Waals surface area contributed by atoms with Crippen molar-refractivity contribution in [3.8, 4) is 0 Å². The van der Waals surface area contributed by atoms with Gasteiger partial charge in [0.1, 0.15) is 6.04 Å². The number of nitrogens with two attached hydrogens (primary N) is 1. The molecule has 1 aliphatic heterocycles. The number of primary amides is 1. The molecule has 1 unspecified atom stereocenters. The average Bonchev–Trinajstić information content (AvgIpc) is 3.21. The van der Waals surface area contributed by atoms with Gasteiger partial charge in [0.15, 0.2) is 0 Å². The predicted octanol–water partition coefficient (Wildman–Crippen LogP) is 0.0659. The number of hydrogen-bond acceptors (Lipinski definition) is 4. The molecule has 2 aromatic rings. The smallest absolute Gasteiger partial charge is 0.244 e. The molecule has 3 rings (SSSR count). The molecule has 1 saturated heterocycles. The summed E-state index contributed by atoms with van der Waals surface area (Å²) in [5, 5.41) is 10.2. The molecule has 24 heavy (non-hydrogen) atoms. The normalized spacial score (nSPS) is 21.4. The zero-order chi connectivity index (χ0) is 17.1. The molecule has 0 aliphatic carbocycles. The molecule has 126 valence electrons. The second-order valence-electron chi connectivity index (χ2n) is 6.07. The number of benzene rings is 1. The van der Waals surface area contributed by atoms with Crippen molar-refractivity contribution in [1.82, 2.24) is 20.4 Å². The highest BCUT2D eigenvalue weighted by molar-refractivity contribution is 5.89. The molecule has 0 spiro atoms. The Bertz CT molecular complexity index is 728. The molecule has 1 aromatic heterocycles. The third-order valence-electron chi connectivity index (χ3n) is 4.41. The molecule has 7 heteroatoms. The van der Waals surface area contributed by atoms with Crippen LogP contribution in [0.3, 0.4) is 0 Å². The first-order valence-corrected chi connectivity index (χ1v) is 7.90. The topological polar surface area (TPSA) is 102 Å². The average molecular weight is 327 g/mol. The Morgan fingerprint density at radius 1 is 1.33 bits per heavy atom. The Balaban J connectivity index is 1.76. The van der Waals surface area contributed by atoms with Crippen molar-refractivity contribution >= 4 is 11.8 Å². The summed E-state index contributed by atoms with van der Waals surface area (Å²) < 4.78 is 1.72. The number of rotatable bonds is 5. The van der Waals surface area contributed by atoms with E-state index < -0.39 is 11.9 Å². The lowest BCUT2D eigenvalue weighted by atomic mass is 9.90. The molecule has 2 amide bonds. The van der Waals surface area contributed by atoms with Crippen LogP contribution in [-0.4, -0.2) is 34.7 Å². The van der Waals surface area contributed by atoms with E-state index in [1.54, 1.807) is 23.0 Å². The van der Waals surface area contributed by atoms with E-state index in [1.807, 2.05) is 31.4 Å². The number of aryl methyl sites for hydroxylation is 1. The molecule has 1 fully saturated rings. The minimum absolute atomic E-state index is 0.0306. The summed E-state index contributed by atoms with van der Waals surface area (Å²) >= 11 is 0. The van der Waals surface area contributed by atoms with E-state index in [1.165, 1.54) is 0 Å². The van der Waals surface area contributed by atoms with Crippen molar-refractivity contribution in [1.29, 1.82) is 0 Å². The number of hydrogen-bond donors (Lipinski definition) is 3. The van der Waals surface area contributed by atoms with Crippen LogP contribution in [0.15, 0.2) is 42.7 Å². The Morgan fingerprint density at radius 3 is 2.71 bits per heavy atom. The Labute approximate surface area is 140 Å². The van der Waals surface area contributed by atoms with Crippen LogP contribution < -0.4 is 16.4 Å². The van der Waals surface area contributed by atoms with Crippen molar-refractivity contribution in [3.63, 3.8) is 0 Å². The number of carbonyl (C=O) groups is 2. The zero-order valence-corrected chi connectivity index (χ0v) is 13.5. The van der Waals surface area contributed by atoms with Gasteiger partial charge in [-0.15, -0.1) is 0 Å². The van der Waals surface area contributed by atoms with Crippen LogP contribution in [0.4, 0.5) is 0 Å². The van der Waals surface area contributed by atoms with E-state index >= 15 is 0 Å². The first-order valence-electron chi connectivity index (χ1n) is 7.90. The molecular weight excluding hydrogens is 306 g/mol. The van der Waals surface area contributed by atoms with Gasteiger partial charge in [-0.1, -0.05) is 30.3 Å². The van der Waals surface area contributed by atoms with Gasteiger partial charge in [0.2, 0.25) is 11.8 Å². The van der Waals surface area contributed by atoms with Crippen molar-refractivity contribution in [2.24, 2.45) is 18.7 Å². The molecule has 0 radical (unpaired) electrons. The highest BCUT2D eigenvalue weighted by atomic mass is 16.2. The van der Waals surface area contributed by atoms with Crippen LogP contribution >= 0.6 is 0 Å². The van der Waals surface area contributed by atoms with Gasteiger partial charge >= 0.3 is 0 Å². The molecule has 4 N–H and O–H groups in total. The molecule has 7 nitrogen and oxygen atoms in total. The summed E-state index contributed by atoms with van der Waals surface area (Å²) in [4.78, 5) is 24.5. The van der Waals surface area contributed by atoms with E-state index in [-0.39, 0.29) is 17.7 Å². The quantitative estimate of drug-likeness (QED) is 0.723. The monoisotopic (exact) mass is 327 g/mol. The van der Waals surface area contributed by atoms with Crippen LogP contribution in [-0.2, 0) is 16.6 Å². The van der Waals surface area contributed by atoms with Crippen molar-refractivity contribution < 1.29 is 9.59 Å². The third kappa shape index (κ3) is 3.30. The van der Waals surface area contributed by atoms with Gasteiger partial charge in [0.05, 0.1) is 12.1 Å². The van der Waals surface area contributed by atoms with Crippen LogP contribution in [0.1, 0.15) is 23.1 Å². The van der Waals surface area contributed by atoms with Gasteiger partial charge < -0.3 is 16.4 Å². The fourth-order valence-electron chi connectivity index (χ4n) is 3.15. The first-order chi connectivity index (χ1) is 11.6. The predicted molar refractivity (Wildman–Crippen MR) is 88.8 cm³/mol. The number of carbonyl (C=O) groups excluding carboxylic acids is 2. The molecule has 1 aromatic carbocycles. The van der Waals surface area contributed by atoms with Crippen LogP contribution in [0.5, 0.6) is 0 Å². The minimum atomic E-state index is -0.825. The summed E-state index contributed by atoms with van der Waals surface area (Å²) in [5.74, 6) is -0.984. The largest absolute Gasteiger partial charge is 0.368 e. The van der Waals surface area contributed by atoms with E-state index in [0.717, 1.165) is 5.56 Å². The van der Waals surface area contributed by atoms with Crippen molar-refractivity contribution in [2.45, 2.75) is 12.0 Å². The molecule has 1 aliphatic rings. The number of aromatic nitrogens is 2. The van der Waals surface area contributed by atoms with Gasteiger partial charge in [0.25, 0.3) is 0 Å². The van der Waals surface area contributed by atoms with Crippen molar-refractivity contribution in [3.05, 3.63) is 53.9 Å². The third-order valence-corrected chi connectivity index (χ3v) is 4.41. The highest BCUT2D eigenvalue weighted by Crippen LogP contribution is 2.28. The maximum Gasteiger partial charge on any atom is 0.244 e. The maximum atomic E-state index is 12.7. The summed E-state index contributed by atoms with van der Waals surface area (Å²) in [6.45, 7) is 1.27. The Hall–Kier alpha value is -2.67. The number of nitrogens with one attached hydrogen (secondary N) is 2. The standard InChI is InChI=1S/C17H21N5O2/c1-22-10-12(7-20-22)13-8-19-9-14(13)17(24)21-15(16(18)23)11-5-3-2-4-6-11/h2-7,10,13-15,19H,8-9H2,1H3,(H2,18,23)(H,21,24)/t13-,14+,15?/m1/s1. The maximum absolute atomic E-state index is 12.7. The summed E-state index contributed by atoms with van der Waals surface area (Å²) in [7, 11) is 1.85. The lowest BCUT2D eigenvalue weighted by Gasteiger charge is -2.21. The molecular formula is C17H21N5O2. The lowest BCUT2D eigenvalue weighted by Crippen LogP contribution is -2.42. The molecule has 3 atom stereocenters. The summed E-state index contributed by atoms with van der Waals surface area (Å²) in [6, 6.07) is 8.21. The fourth-order valence-corrected chi connectivity index (χ4v) is 3.15. The molecule has 0 saturated carbocycles. The lowest BCUT2D eigenvalue weighted by molar-refractivity contribution is -0.130. The van der Waals surface area contributed by atoms with Crippen LogP contribution in [0, 0.1) is 5.92 Å². The van der Waals surface area contributed by atoms with Gasteiger partial charge in [-0.25, -0.2) is 0 Å². The minimum Gasteiger partial charge on any atom is -0.368 e. The Kier molecular flexibility index (Phi) is 4.61. The highest BCUT2D eigenvalue weighted by Gasteiger charge is 2.36. The van der Waals surface area contributed by atoms with E-state index in [0.29, 0.717) is 18.7 Å². The van der Waals surface area contributed by atoms with Crippen molar-refractivity contribution in [2.75, 3.05) is 13.1 Å². The summed E-state index contributed by atoms with van der Waals surface area (Å²) in [5.41, 5.74) is 7.18. The second-order valence-corrected chi connectivity index (χ2v) is 6.07. The van der Waals surface area contributed by atoms with Crippen LogP contribution in [0.2, 0.25) is 0 Å². The Morgan fingerprint density at radius 2 is 2.08 bits per heavy atom. The zero-order valence-electron chi connectivity index (χ0n) is 13.5. The van der Waals surface area contributed by atoms with Gasteiger partial charge in [-0.3, -0.25) is 14.3 Å². The number of nitrogens with zero attached hydrogens (tertiary/aromatic N) is 2. The summed E-state index contributed by atoms with van der Waals surface area (Å²) in [6.07, 6.45) is 3.70. The van der Waals surface area contributed by atoms with Gasteiger partial charge in [0, 0.05) is 32.3 Å². The van der Waals surface area contributed by atoms with Gasteiger partial charge in [-0.05, 0) is 11.1 Å². The van der Waals surface area contributed by atoms with E-state index in [2.05, 4.69) is 15.7 Å². The van der Waals surface area contributed by atoms with Crippen LogP contribution in [0.25, 0.3) is 0 Å². The molecule has 2 heterocycles. The first kappa shape index (κ1) is 16.2. The second kappa shape index (κ2) is 6.84. The molecule has 0 bridgehead atoms. The van der Waals surface area contributed by atoms with E-state index in [4.69, 9.17) is 5.73 Å². The number of amides is 2. The van der Waals surface area contributed by atoms with Gasteiger partial charge in [-0.2, -0.15) is 5.10 Å². The fraction of sp³-hybridized carbons (Fsp3) is 0.353. The van der Waals surface area contributed by atoms with E-state index in [9.17, 15) is 9.59 Å².